The Kier molecular flexibility index (Phi) is 4.15. The van der Waals surface area contributed by atoms with Crippen LogP contribution in [0.2, 0.25) is 0 Å². The fourth-order valence-corrected chi connectivity index (χ4v) is 3.89. The molecule has 1 aromatic rings. The molecule has 2 nitrogen and oxygen atoms in total. The molecule has 0 aliphatic heterocycles. The van der Waals surface area contributed by atoms with Gasteiger partial charge in [-0.05, 0) is 49.7 Å². The second kappa shape index (κ2) is 5.40. The first-order valence-corrected chi connectivity index (χ1v) is 7.81. The van der Waals surface area contributed by atoms with E-state index in [0.717, 1.165) is 6.54 Å². The van der Waals surface area contributed by atoms with Gasteiger partial charge in [-0.15, -0.1) is 0 Å². The minimum absolute atomic E-state index is 0.102. The Hall–Kier alpha value is -1.02. The van der Waals surface area contributed by atoms with Gasteiger partial charge in [-0.1, -0.05) is 38.5 Å². The van der Waals surface area contributed by atoms with Crippen molar-refractivity contribution >= 4 is 5.69 Å². The van der Waals surface area contributed by atoms with Gasteiger partial charge in [0, 0.05) is 19.3 Å². The number of likely N-dealkylation sites (N-methyl/N-ethyl adjacent to an activating group) is 1. The summed E-state index contributed by atoms with van der Waals surface area (Å²) in [5.74, 6) is 0.613. The Morgan fingerprint density at radius 3 is 2.30 bits per heavy atom. The highest BCUT2D eigenvalue weighted by molar-refractivity contribution is 5.50. The third-order valence-electron chi connectivity index (χ3n) is 5.45. The summed E-state index contributed by atoms with van der Waals surface area (Å²) in [5.41, 5.74) is 9.39. The molecule has 0 heterocycles. The summed E-state index contributed by atoms with van der Waals surface area (Å²) in [6.07, 6.45) is 3.69. The number of benzene rings is 1. The van der Waals surface area contributed by atoms with E-state index in [1.54, 1.807) is 0 Å². The van der Waals surface area contributed by atoms with Crippen LogP contribution >= 0.6 is 0 Å². The van der Waals surface area contributed by atoms with Crippen molar-refractivity contribution in [2.24, 2.45) is 17.1 Å². The van der Waals surface area contributed by atoms with Gasteiger partial charge in [-0.3, -0.25) is 0 Å². The van der Waals surface area contributed by atoms with Gasteiger partial charge in [0.15, 0.2) is 0 Å². The first-order chi connectivity index (χ1) is 9.31. The molecule has 2 unspecified atom stereocenters. The molecule has 0 spiro atoms. The zero-order chi connectivity index (χ0) is 15.0. The van der Waals surface area contributed by atoms with Gasteiger partial charge >= 0.3 is 0 Å². The quantitative estimate of drug-likeness (QED) is 0.903. The molecule has 0 saturated heterocycles. The van der Waals surface area contributed by atoms with Gasteiger partial charge in [0.1, 0.15) is 0 Å². The zero-order valence-electron chi connectivity index (χ0n) is 13.7. The van der Waals surface area contributed by atoms with Crippen molar-refractivity contribution in [1.29, 1.82) is 0 Å². The van der Waals surface area contributed by atoms with E-state index in [0.29, 0.717) is 11.3 Å². The lowest BCUT2D eigenvalue weighted by Gasteiger charge is -2.53. The van der Waals surface area contributed by atoms with Crippen LogP contribution in [0.4, 0.5) is 5.69 Å². The number of anilines is 1. The third kappa shape index (κ3) is 2.71. The fraction of sp³-hybridized carbons (Fsp3) is 0.667. The molecule has 0 aromatic heterocycles. The van der Waals surface area contributed by atoms with E-state index in [4.69, 9.17) is 5.73 Å². The SMILES string of the molecule is Cc1ccc(N(C)C2(CN)CCC(C)(C)CC2C)cc1. The first kappa shape index (κ1) is 15.4. The maximum Gasteiger partial charge on any atom is 0.0546 e. The minimum atomic E-state index is 0.102. The van der Waals surface area contributed by atoms with Gasteiger partial charge < -0.3 is 10.6 Å². The highest BCUT2D eigenvalue weighted by atomic mass is 15.2. The molecule has 1 fully saturated rings. The predicted octanol–water partition coefficient (Wildman–Crippen LogP) is 3.97. The number of hydrogen-bond donors (Lipinski definition) is 1. The van der Waals surface area contributed by atoms with Gasteiger partial charge in [0.2, 0.25) is 0 Å². The highest BCUT2D eigenvalue weighted by Crippen LogP contribution is 2.46. The largest absolute Gasteiger partial charge is 0.367 e. The van der Waals surface area contributed by atoms with Crippen LogP contribution in [0.25, 0.3) is 0 Å². The number of aryl methyl sites for hydroxylation is 1. The van der Waals surface area contributed by atoms with Gasteiger partial charge in [0.25, 0.3) is 0 Å². The lowest BCUT2D eigenvalue weighted by molar-refractivity contribution is 0.103. The molecule has 1 saturated carbocycles. The topological polar surface area (TPSA) is 29.3 Å². The van der Waals surface area contributed by atoms with E-state index in [2.05, 4.69) is 63.9 Å². The van der Waals surface area contributed by atoms with E-state index in [1.807, 2.05) is 0 Å². The number of hydrogen-bond acceptors (Lipinski definition) is 2. The highest BCUT2D eigenvalue weighted by Gasteiger charge is 2.45. The van der Waals surface area contributed by atoms with Crippen molar-refractivity contribution in [3.05, 3.63) is 29.8 Å². The second-order valence-corrected chi connectivity index (χ2v) is 7.47. The van der Waals surface area contributed by atoms with Crippen molar-refractivity contribution < 1.29 is 0 Å². The summed E-state index contributed by atoms with van der Waals surface area (Å²) in [7, 11) is 2.21. The molecule has 1 aliphatic carbocycles. The molecule has 2 heteroatoms. The average Bonchev–Trinajstić information content (AvgIpc) is 2.39. The van der Waals surface area contributed by atoms with E-state index >= 15 is 0 Å². The van der Waals surface area contributed by atoms with Gasteiger partial charge in [-0.25, -0.2) is 0 Å². The lowest BCUT2D eigenvalue weighted by atomic mass is 9.63. The van der Waals surface area contributed by atoms with E-state index in [9.17, 15) is 0 Å². The van der Waals surface area contributed by atoms with E-state index in [-0.39, 0.29) is 5.54 Å². The molecule has 1 aliphatic rings. The zero-order valence-corrected chi connectivity index (χ0v) is 13.7. The number of nitrogens with zero attached hydrogens (tertiary/aromatic N) is 1. The van der Waals surface area contributed by atoms with E-state index < -0.39 is 0 Å². The van der Waals surface area contributed by atoms with E-state index in [1.165, 1.54) is 30.5 Å². The molecular formula is C18H30N2. The number of rotatable bonds is 3. The van der Waals surface area contributed by atoms with Gasteiger partial charge in [-0.2, -0.15) is 0 Å². The van der Waals surface area contributed by atoms with Crippen molar-refractivity contribution in [2.45, 2.75) is 52.5 Å². The van der Waals surface area contributed by atoms with Crippen molar-refractivity contribution in [3.63, 3.8) is 0 Å². The summed E-state index contributed by atoms with van der Waals surface area (Å²) in [4.78, 5) is 2.44. The average molecular weight is 274 g/mol. The van der Waals surface area contributed by atoms with Crippen LogP contribution in [0.1, 0.15) is 45.6 Å². The monoisotopic (exact) mass is 274 g/mol. The molecule has 0 amide bonds. The summed E-state index contributed by atoms with van der Waals surface area (Å²) in [6.45, 7) is 10.0. The summed E-state index contributed by atoms with van der Waals surface area (Å²) >= 11 is 0. The Bertz CT molecular complexity index is 449. The maximum absolute atomic E-state index is 6.24. The standard InChI is InChI=1S/C18H30N2/c1-14-6-8-16(9-7-14)20(5)18(13-19)11-10-17(3,4)12-15(18)2/h6-9,15H,10-13,19H2,1-5H3. The Balaban J connectivity index is 2.29. The summed E-state index contributed by atoms with van der Waals surface area (Å²) < 4.78 is 0. The summed E-state index contributed by atoms with van der Waals surface area (Å²) in [5, 5.41) is 0. The van der Waals surface area contributed by atoms with Crippen LogP contribution in [0, 0.1) is 18.3 Å². The summed E-state index contributed by atoms with van der Waals surface area (Å²) in [6, 6.07) is 8.82. The fourth-order valence-electron chi connectivity index (χ4n) is 3.89. The molecule has 20 heavy (non-hydrogen) atoms. The molecule has 0 radical (unpaired) electrons. The first-order valence-electron chi connectivity index (χ1n) is 7.81. The predicted molar refractivity (Wildman–Crippen MR) is 88.2 cm³/mol. The maximum atomic E-state index is 6.24. The smallest absolute Gasteiger partial charge is 0.0546 e. The van der Waals surface area contributed by atoms with Crippen LogP contribution < -0.4 is 10.6 Å². The lowest BCUT2D eigenvalue weighted by Crippen LogP contribution is -2.60. The van der Waals surface area contributed by atoms with Crippen LogP contribution in [0.3, 0.4) is 0 Å². The van der Waals surface area contributed by atoms with Crippen LogP contribution in [-0.2, 0) is 0 Å². The molecular weight excluding hydrogens is 244 g/mol. The molecule has 2 atom stereocenters. The number of nitrogens with two attached hydrogens (primary N) is 1. The minimum Gasteiger partial charge on any atom is -0.367 e. The third-order valence-corrected chi connectivity index (χ3v) is 5.45. The van der Waals surface area contributed by atoms with Crippen molar-refractivity contribution in [2.75, 3.05) is 18.5 Å². The van der Waals surface area contributed by atoms with Crippen LogP contribution in [0.5, 0.6) is 0 Å². The molecule has 1 aromatic carbocycles. The normalized spacial score (nSPS) is 29.2. The van der Waals surface area contributed by atoms with Gasteiger partial charge in [0.05, 0.1) is 5.54 Å². The van der Waals surface area contributed by atoms with Crippen molar-refractivity contribution in [1.82, 2.24) is 0 Å². The molecule has 2 N–H and O–H groups in total. The van der Waals surface area contributed by atoms with Crippen molar-refractivity contribution in [3.8, 4) is 0 Å². The molecule has 2 rings (SSSR count). The Morgan fingerprint density at radius 1 is 1.20 bits per heavy atom. The Labute approximate surface area is 124 Å². The molecule has 0 bridgehead atoms. The molecule has 112 valence electrons. The van der Waals surface area contributed by atoms with Crippen LogP contribution in [0.15, 0.2) is 24.3 Å². The van der Waals surface area contributed by atoms with Crippen LogP contribution in [-0.4, -0.2) is 19.1 Å². The Morgan fingerprint density at radius 2 is 1.80 bits per heavy atom. The second-order valence-electron chi connectivity index (χ2n) is 7.47.